The number of hydrogen-bond donors (Lipinski definition) is 0. The highest BCUT2D eigenvalue weighted by Crippen LogP contribution is 2.42. The van der Waals surface area contributed by atoms with Gasteiger partial charge in [-0.15, -0.1) is 0 Å². The lowest BCUT2D eigenvalue weighted by molar-refractivity contribution is -0.194. The second kappa shape index (κ2) is 4.42. The Kier molecular flexibility index (Phi) is 3.36. The van der Waals surface area contributed by atoms with Crippen molar-refractivity contribution >= 4 is 0 Å². The highest BCUT2D eigenvalue weighted by atomic mass is 16.7. The average molecular weight is 212 g/mol. The van der Waals surface area contributed by atoms with Gasteiger partial charge in [-0.05, 0) is 31.1 Å². The molecule has 15 heavy (non-hydrogen) atoms. The van der Waals surface area contributed by atoms with Gasteiger partial charge in [0.2, 0.25) is 0 Å². The minimum Gasteiger partial charge on any atom is -0.347 e. The average Bonchev–Trinajstić information content (AvgIpc) is 2.62. The van der Waals surface area contributed by atoms with Crippen LogP contribution in [-0.4, -0.2) is 18.5 Å². The third kappa shape index (κ3) is 2.36. The van der Waals surface area contributed by atoms with Crippen molar-refractivity contribution in [3.63, 3.8) is 0 Å². The molecule has 2 aliphatic rings. The van der Waals surface area contributed by atoms with Gasteiger partial charge in [-0.3, -0.25) is 0 Å². The van der Waals surface area contributed by atoms with Crippen molar-refractivity contribution in [2.45, 2.75) is 64.8 Å². The number of hydrogen-bond acceptors (Lipinski definition) is 2. The molecule has 2 heteroatoms. The molecule has 0 aromatic carbocycles. The van der Waals surface area contributed by atoms with Crippen LogP contribution in [0.2, 0.25) is 0 Å². The zero-order valence-corrected chi connectivity index (χ0v) is 10.3. The van der Waals surface area contributed by atoms with Gasteiger partial charge in [0.25, 0.3) is 0 Å². The van der Waals surface area contributed by atoms with Crippen molar-refractivity contribution in [3.05, 3.63) is 0 Å². The van der Waals surface area contributed by atoms with Crippen LogP contribution in [0.4, 0.5) is 0 Å². The second-order valence-corrected chi connectivity index (χ2v) is 5.45. The Labute approximate surface area is 93.3 Å². The molecule has 0 amide bonds. The second-order valence-electron chi connectivity index (χ2n) is 5.45. The lowest BCUT2D eigenvalue weighted by Crippen LogP contribution is -2.36. The van der Waals surface area contributed by atoms with Crippen LogP contribution in [0.1, 0.15) is 52.9 Å². The maximum atomic E-state index is 6.04. The van der Waals surface area contributed by atoms with Crippen LogP contribution in [0.15, 0.2) is 0 Å². The molecule has 0 aromatic rings. The summed E-state index contributed by atoms with van der Waals surface area (Å²) in [6.07, 6.45) is 6.18. The molecule has 0 bridgehead atoms. The fourth-order valence-electron chi connectivity index (χ4n) is 2.83. The number of rotatable bonds is 2. The SMILES string of the molecule is CCC1COC2(CCC(C(C)C)CC2)O1. The molecule has 2 nitrogen and oxygen atoms in total. The van der Waals surface area contributed by atoms with Gasteiger partial charge in [-0.2, -0.15) is 0 Å². The lowest BCUT2D eigenvalue weighted by Gasteiger charge is -2.37. The maximum Gasteiger partial charge on any atom is 0.168 e. The topological polar surface area (TPSA) is 18.5 Å². The Morgan fingerprint density at radius 1 is 1.27 bits per heavy atom. The molecule has 0 N–H and O–H groups in total. The van der Waals surface area contributed by atoms with Crippen LogP contribution in [0, 0.1) is 11.8 Å². The third-order valence-electron chi connectivity index (χ3n) is 4.10. The molecular weight excluding hydrogens is 188 g/mol. The molecule has 1 aliphatic carbocycles. The Balaban J connectivity index is 1.87. The highest BCUT2D eigenvalue weighted by Gasteiger charge is 2.43. The minimum atomic E-state index is -0.188. The molecular formula is C13H24O2. The minimum absolute atomic E-state index is 0.188. The normalized spacial score (nSPS) is 41.6. The van der Waals surface area contributed by atoms with Gasteiger partial charge < -0.3 is 9.47 Å². The molecule has 88 valence electrons. The maximum absolute atomic E-state index is 6.04. The van der Waals surface area contributed by atoms with E-state index in [0.29, 0.717) is 6.10 Å². The smallest absolute Gasteiger partial charge is 0.168 e. The zero-order chi connectivity index (χ0) is 10.9. The van der Waals surface area contributed by atoms with E-state index in [4.69, 9.17) is 9.47 Å². The summed E-state index contributed by atoms with van der Waals surface area (Å²) in [5.74, 6) is 1.50. The third-order valence-corrected chi connectivity index (χ3v) is 4.10. The summed E-state index contributed by atoms with van der Waals surface area (Å²) in [7, 11) is 0. The first-order valence-electron chi connectivity index (χ1n) is 6.47. The first-order chi connectivity index (χ1) is 7.15. The summed E-state index contributed by atoms with van der Waals surface area (Å²) < 4.78 is 11.9. The van der Waals surface area contributed by atoms with Gasteiger partial charge in [0.05, 0.1) is 12.7 Å². The lowest BCUT2D eigenvalue weighted by atomic mass is 9.79. The molecule has 1 heterocycles. The van der Waals surface area contributed by atoms with Gasteiger partial charge in [-0.1, -0.05) is 20.8 Å². The number of ether oxygens (including phenoxy) is 2. The molecule has 0 aromatic heterocycles. The van der Waals surface area contributed by atoms with Crippen LogP contribution in [0.25, 0.3) is 0 Å². The van der Waals surface area contributed by atoms with Crippen molar-refractivity contribution < 1.29 is 9.47 Å². The summed E-state index contributed by atoms with van der Waals surface area (Å²) in [5.41, 5.74) is 0. The molecule has 1 atom stereocenters. The van der Waals surface area contributed by atoms with E-state index < -0.39 is 0 Å². The van der Waals surface area contributed by atoms with E-state index in [1.807, 2.05) is 0 Å². The van der Waals surface area contributed by atoms with E-state index in [-0.39, 0.29) is 5.79 Å². The first-order valence-corrected chi connectivity index (χ1v) is 6.47. The standard InChI is InChI=1S/C13H24O2/c1-4-12-9-14-13(15-12)7-5-11(6-8-13)10(2)3/h10-12H,4-9H2,1-3H3. The zero-order valence-electron chi connectivity index (χ0n) is 10.3. The van der Waals surface area contributed by atoms with Crippen molar-refractivity contribution in [2.24, 2.45) is 11.8 Å². The Hall–Kier alpha value is -0.0800. The van der Waals surface area contributed by atoms with Crippen LogP contribution in [-0.2, 0) is 9.47 Å². The first kappa shape index (κ1) is 11.4. The monoisotopic (exact) mass is 212 g/mol. The fraction of sp³-hybridized carbons (Fsp3) is 1.00. The van der Waals surface area contributed by atoms with E-state index in [0.717, 1.165) is 37.7 Å². The van der Waals surface area contributed by atoms with Gasteiger partial charge in [0, 0.05) is 12.8 Å². The Bertz CT molecular complexity index is 205. The van der Waals surface area contributed by atoms with E-state index in [2.05, 4.69) is 20.8 Å². The highest BCUT2D eigenvalue weighted by molar-refractivity contribution is 4.85. The molecule has 2 fully saturated rings. The van der Waals surface area contributed by atoms with E-state index in [9.17, 15) is 0 Å². The predicted molar refractivity (Wildman–Crippen MR) is 60.6 cm³/mol. The summed E-state index contributed by atoms with van der Waals surface area (Å²) >= 11 is 0. The molecule has 1 spiro atoms. The van der Waals surface area contributed by atoms with Crippen LogP contribution in [0.5, 0.6) is 0 Å². The molecule has 1 unspecified atom stereocenters. The van der Waals surface area contributed by atoms with E-state index in [1.165, 1.54) is 12.8 Å². The largest absolute Gasteiger partial charge is 0.347 e. The molecule has 1 aliphatic heterocycles. The van der Waals surface area contributed by atoms with Crippen molar-refractivity contribution in [1.82, 2.24) is 0 Å². The summed E-state index contributed by atoms with van der Waals surface area (Å²) in [4.78, 5) is 0. The molecule has 0 radical (unpaired) electrons. The summed E-state index contributed by atoms with van der Waals surface area (Å²) in [6.45, 7) is 7.64. The van der Waals surface area contributed by atoms with E-state index in [1.54, 1.807) is 0 Å². The van der Waals surface area contributed by atoms with Crippen LogP contribution < -0.4 is 0 Å². The van der Waals surface area contributed by atoms with Gasteiger partial charge in [-0.25, -0.2) is 0 Å². The van der Waals surface area contributed by atoms with Gasteiger partial charge in [0.15, 0.2) is 5.79 Å². The molecule has 2 rings (SSSR count). The van der Waals surface area contributed by atoms with E-state index >= 15 is 0 Å². The molecule has 1 saturated carbocycles. The Morgan fingerprint density at radius 2 is 1.93 bits per heavy atom. The summed E-state index contributed by atoms with van der Waals surface area (Å²) in [6, 6.07) is 0. The molecule has 1 saturated heterocycles. The van der Waals surface area contributed by atoms with Crippen molar-refractivity contribution in [3.8, 4) is 0 Å². The van der Waals surface area contributed by atoms with Crippen LogP contribution in [0.3, 0.4) is 0 Å². The quantitative estimate of drug-likeness (QED) is 0.699. The van der Waals surface area contributed by atoms with Crippen LogP contribution >= 0.6 is 0 Å². The Morgan fingerprint density at radius 3 is 2.40 bits per heavy atom. The fourth-order valence-corrected chi connectivity index (χ4v) is 2.83. The summed E-state index contributed by atoms with van der Waals surface area (Å²) in [5, 5.41) is 0. The predicted octanol–water partition coefficient (Wildman–Crippen LogP) is 3.35. The van der Waals surface area contributed by atoms with Gasteiger partial charge in [0.1, 0.15) is 0 Å². The van der Waals surface area contributed by atoms with Crippen molar-refractivity contribution in [1.29, 1.82) is 0 Å². The van der Waals surface area contributed by atoms with Gasteiger partial charge >= 0.3 is 0 Å². The van der Waals surface area contributed by atoms with Crippen molar-refractivity contribution in [2.75, 3.05) is 6.61 Å².